The molecule has 0 bridgehead atoms. The molecule has 37 heavy (non-hydrogen) atoms. The van der Waals surface area contributed by atoms with Crippen LogP contribution in [0.2, 0.25) is 0 Å². The lowest BCUT2D eigenvalue weighted by Crippen LogP contribution is -2.13. The van der Waals surface area contributed by atoms with Crippen LogP contribution in [0.15, 0.2) is 70.7 Å². The maximum absolute atomic E-state index is 12.7. The van der Waals surface area contributed by atoms with E-state index in [1.807, 2.05) is 19.9 Å². The molecule has 0 radical (unpaired) electrons. The number of halogens is 1. The minimum Gasteiger partial charge on any atom is -0.494 e. The monoisotopic (exact) mass is 564 g/mol. The molecule has 0 aliphatic rings. The number of aromatic carboxylic acids is 1. The second kappa shape index (κ2) is 13.1. The van der Waals surface area contributed by atoms with E-state index in [2.05, 4.69) is 21.2 Å². The molecule has 0 aliphatic carbocycles. The van der Waals surface area contributed by atoms with Gasteiger partial charge in [0.15, 0.2) is 11.5 Å². The predicted octanol–water partition coefficient (Wildman–Crippen LogP) is 6.07. The lowest BCUT2D eigenvalue weighted by atomic mass is 10.1. The summed E-state index contributed by atoms with van der Waals surface area (Å²) in [6.07, 6.45) is 1.46. The highest BCUT2D eigenvalue weighted by Gasteiger charge is 2.15. The summed E-state index contributed by atoms with van der Waals surface area (Å²) >= 11 is 3.49. The van der Waals surface area contributed by atoms with Gasteiger partial charge in [-0.2, -0.15) is 5.26 Å². The van der Waals surface area contributed by atoms with Gasteiger partial charge in [0.05, 0.1) is 23.2 Å². The first kappa shape index (κ1) is 27.3. The first-order valence-corrected chi connectivity index (χ1v) is 12.2. The minimum atomic E-state index is -0.998. The summed E-state index contributed by atoms with van der Waals surface area (Å²) in [6.45, 7) is 4.80. The van der Waals surface area contributed by atoms with Crippen LogP contribution in [0.25, 0.3) is 6.08 Å². The largest absolute Gasteiger partial charge is 0.494 e. The molecular weight excluding hydrogens is 540 g/mol. The van der Waals surface area contributed by atoms with E-state index in [1.165, 1.54) is 18.2 Å². The quantitative estimate of drug-likeness (QED) is 0.214. The Balaban J connectivity index is 1.78. The van der Waals surface area contributed by atoms with Crippen molar-refractivity contribution in [3.05, 3.63) is 87.4 Å². The molecule has 0 unspecified atom stereocenters. The van der Waals surface area contributed by atoms with Gasteiger partial charge in [-0.1, -0.05) is 12.1 Å². The van der Waals surface area contributed by atoms with Crippen LogP contribution in [-0.2, 0) is 11.4 Å². The van der Waals surface area contributed by atoms with Crippen molar-refractivity contribution in [2.75, 3.05) is 18.5 Å². The highest BCUT2D eigenvalue weighted by molar-refractivity contribution is 9.10. The summed E-state index contributed by atoms with van der Waals surface area (Å²) in [7, 11) is 0. The zero-order valence-corrected chi connectivity index (χ0v) is 21.9. The van der Waals surface area contributed by atoms with E-state index >= 15 is 0 Å². The number of anilines is 1. The fourth-order valence-corrected chi connectivity index (χ4v) is 3.86. The summed E-state index contributed by atoms with van der Waals surface area (Å²) in [5, 5.41) is 21.4. The number of hydrogen-bond acceptors (Lipinski definition) is 6. The van der Waals surface area contributed by atoms with Gasteiger partial charge >= 0.3 is 5.97 Å². The first-order valence-electron chi connectivity index (χ1n) is 11.4. The van der Waals surface area contributed by atoms with Gasteiger partial charge < -0.3 is 24.6 Å². The molecular formula is C28H25BrN2O6. The number of hydrogen-bond donors (Lipinski definition) is 2. The van der Waals surface area contributed by atoms with Crippen molar-refractivity contribution in [3.63, 3.8) is 0 Å². The number of ether oxygens (including phenoxy) is 3. The number of nitriles is 1. The zero-order chi connectivity index (χ0) is 26.8. The molecule has 0 fully saturated rings. The first-order chi connectivity index (χ1) is 17.8. The number of carbonyl (C=O) groups is 2. The molecule has 0 aromatic heterocycles. The summed E-state index contributed by atoms with van der Waals surface area (Å²) in [5.74, 6) is 0.00542. The fourth-order valence-electron chi connectivity index (χ4n) is 3.29. The predicted molar refractivity (Wildman–Crippen MR) is 143 cm³/mol. The molecule has 2 N–H and O–H groups in total. The summed E-state index contributed by atoms with van der Waals surface area (Å²) < 4.78 is 17.7. The maximum atomic E-state index is 12.7. The molecule has 1 amide bonds. The Hall–Kier alpha value is -4.29. The van der Waals surface area contributed by atoms with E-state index in [0.717, 1.165) is 5.56 Å². The molecule has 3 rings (SSSR count). The van der Waals surface area contributed by atoms with Crippen molar-refractivity contribution in [2.24, 2.45) is 0 Å². The third kappa shape index (κ3) is 7.59. The van der Waals surface area contributed by atoms with Crippen LogP contribution in [0.1, 0.15) is 35.3 Å². The molecule has 0 saturated heterocycles. The number of rotatable bonds is 11. The van der Waals surface area contributed by atoms with Crippen LogP contribution in [-0.4, -0.2) is 30.2 Å². The minimum absolute atomic E-state index is 0.0876. The smallest absolute Gasteiger partial charge is 0.335 e. The Bertz CT molecular complexity index is 1330. The Kier molecular flexibility index (Phi) is 9.69. The molecule has 3 aromatic carbocycles. The number of nitrogens with zero attached hydrogens (tertiary/aromatic N) is 1. The second-order valence-corrected chi connectivity index (χ2v) is 8.49. The van der Waals surface area contributed by atoms with Gasteiger partial charge in [0.25, 0.3) is 5.91 Å². The fraction of sp³-hybridized carbons (Fsp3) is 0.179. The van der Waals surface area contributed by atoms with Gasteiger partial charge in [0.2, 0.25) is 0 Å². The van der Waals surface area contributed by atoms with Crippen molar-refractivity contribution in [1.82, 2.24) is 0 Å². The van der Waals surface area contributed by atoms with Gasteiger partial charge in [-0.25, -0.2) is 4.79 Å². The molecule has 9 heteroatoms. The zero-order valence-electron chi connectivity index (χ0n) is 20.3. The molecule has 0 atom stereocenters. The van der Waals surface area contributed by atoms with E-state index < -0.39 is 11.9 Å². The van der Waals surface area contributed by atoms with Crippen molar-refractivity contribution in [3.8, 4) is 23.3 Å². The van der Waals surface area contributed by atoms with E-state index in [0.29, 0.717) is 46.2 Å². The average Bonchev–Trinajstić information content (AvgIpc) is 2.88. The average molecular weight is 565 g/mol. The molecule has 0 spiro atoms. The van der Waals surface area contributed by atoms with Crippen molar-refractivity contribution >= 4 is 39.6 Å². The Morgan fingerprint density at radius 3 is 2.27 bits per heavy atom. The van der Waals surface area contributed by atoms with Crippen LogP contribution < -0.4 is 19.5 Å². The number of nitrogens with one attached hydrogen (secondary N) is 1. The number of carbonyl (C=O) groups excluding carboxylic acids is 1. The Labute approximate surface area is 223 Å². The molecule has 8 nitrogen and oxygen atoms in total. The Morgan fingerprint density at radius 1 is 1.00 bits per heavy atom. The normalized spacial score (nSPS) is 10.8. The molecule has 0 heterocycles. The van der Waals surface area contributed by atoms with Crippen LogP contribution in [0.3, 0.4) is 0 Å². The molecule has 0 aliphatic heterocycles. The topological polar surface area (TPSA) is 118 Å². The number of carboxylic acid groups (broad SMARTS) is 1. The lowest BCUT2D eigenvalue weighted by Gasteiger charge is -2.15. The van der Waals surface area contributed by atoms with Gasteiger partial charge in [-0.3, -0.25) is 4.79 Å². The van der Waals surface area contributed by atoms with Gasteiger partial charge in [-0.15, -0.1) is 0 Å². The van der Waals surface area contributed by atoms with E-state index in [4.69, 9.17) is 19.3 Å². The summed E-state index contributed by atoms with van der Waals surface area (Å²) in [4.78, 5) is 23.8. The van der Waals surface area contributed by atoms with Crippen LogP contribution in [0.5, 0.6) is 17.2 Å². The van der Waals surface area contributed by atoms with E-state index in [1.54, 1.807) is 48.5 Å². The van der Waals surface area contributed by atoms with E-state index in [9.17, 15) is 14.9 Å². The van der Waals surface area contributed by atoms with Gasteiger partial charge in [0, 0.05) is 5.69 Å². The number of amides is 1. The van der Waals surface area contributed by atoms with Crippen molar-refractivity contribution in [1.29, 1.82) is 5.26 Å². The standard InChI is InChI=1S/C28H25BrN2O6/c1-3-35-23-11-9-22(10-12-23)31-27(32)21(16-30)13-19-14-24(29)26(25(15-19)36-4-2)37-17-18-5-7-20(8-6-18)28(33)34/h5-15H,3-4,17H2,1-2H3,(H,31,32)(H,33,34)/b21-13+. The third-order valence-electron chi connectivity index (χ3n) is 5.02. The van der Waals surface area contributed by atoms with Crippen LogP contribution in [0.4, 0.5) is 5.69 Å². The second-order valence-electron chi connectivity index (χ2n) is 7.64. The summed E-state index contributed by atoms with van der Waals surface area (Å²) in [5.41, 5.74) is 1.98. The van der Waals surface area contributed by atoms with Gasteiger partial charge in [-0.05, 0) is 95.5 Å². The highest BCUT2D eigenvalue weighted by atomic mass is 79.9. The lowest BCUT2D eigenvalue weighted by molar-refractivity contribution is -0.112. The van der Waals surface area contributed by atoms with Crippen molar-refractivity contribution < 1.29 is 28.9 Å². The van der Waals surface area contributed by atoms with E-state index in [-0.39, 0.29) is 17.7 Å². The summed E-state index contributed by atoms with van der Waals surface area (Å²) in [6, 6.07) is 18.6. The molecule has 0 saturated carbocycles. The number of carboxylic acids is 1. The van der Waals surface area contributed by atoms with Crippen LogP contribution in [0, 0.1) is 11.3 Å². The van der Waals surface area contributed by atoms with Gasteiger partial charge in [0.1, 0.15) is 24.0 Å². The maximum Gasteiger partial charge on any atom is 0.335 e. The SMILES string of the molecule is CCOc1ccc(NC(=O)/C(C#N)=C/c2cc(Br)c(OCc3ccc(C(=O)O)cc3)c(OCC)c2)cc1. The Morgan fingerprint density at radius 2 is 1.68 bits per heavy atom. The third-order valence-corrected chi connectivity index (χ3v) is 5.60. The molecule has 3 aromatic rings. The molecule has 190 valence electrons. The van der Waals surface area contributed by atoms with Crippen molar-refractivity contribution in [2.45, 2.75) is 20.5 Å². The van der Waals surface area contributed by atoms with Crippen LogP contribution >= 0.6 is 15.9 Å². The number of benzene rings is 3. The highest BCUT2D eigenvalue weighted by Crippen LogP contribution is 2.38.